The van der Waals surface area contributed by atoms with Crippen LogP contribution < -0.4 is 5.32 Å². The minimum Gasteiger partial charge on any atom is -0.508 e. The standard InChI is InChI=1S/C28H34FNO5/c1-27(2,23-13-20(29)8-11-24(23)31)17-28(34,14-18-6-4-3-5-7-18)15-25(32)30-21-9-10-22-19(12-21)16-35-26(22)33/h8-13,18,31,34H,3-7,14-17H2,1-2H3,(H,30,32). The van der Waals surface area contributed by atoms with Gasteiger partial charge in [0.05, 0.1) is 17.6 Å². The first-order chi connectivity index (χ1) is 16.5. The number of fused-ring (bicyclic) bond motifs is 1. The smallest absolute Gasteiger partial charge is 0.338 e. The van der Waals surface area contributed by atoms with Crippen LogP contribution in [0.15, 0.2) is 36.4 Å². The summed E-state index contributed by atoms with van der Waals surface area (Å²) in [5.74, 6) is -0.897. The van der Waals surface area contributed by atoms with Crippen molar-refractivity contribution >= 4 is 17.6 Å². The van der Waals surface area contributed by atoms with E-state index in [0.29, 0.717) is 34.7 Å². The van der Waals surface area contributed by atoms with Crippen LogP contribution in [0.5, 0.6) is 5.75 Å². The van der Waals surface area contributed by atoms with Crippen LogP contribution in [0.25, 0.3) is 0 Å². The molecule has 1 aliphatic heterocycles. The SMILES string of the molecule is CC(C)(CC(O)(CC(=O)Nc1ccc2c(c1)COC2=O)CC1CCCCC1)c1cc(F)ccc1O. The van der Waals surface area contributed by atoms with E-state index in [2.05, 4.69) is 5.32 Å². The van der Waals surface area contributed by atoms with E-state index < -0.39 is 16.8 Å². The molecule has 1 heterocycles. The Labute approximate surface area is 205 Å². The second-order valence-electron chi connectivity index (χ2n) is 10.8. The molecular weight excluding hydrogens is 449 g/mol. The number of halogens is 1. The van der Waals surface area contributed by atoms with E-state index in [-0.39, 0.29) is 37.1 Å². The van der Waals surface area contributed by atoms with Gasteiger partial charge in [-0.1, -0.05) is 46.0 Å². The van der Waals surface area contributed by atoms with Crippen LogP contribution in [0.3, 0.4) is 0 Å². The molecule has 1 aliphatic carbocycles. The fourth-order valence-electron chi connectivity index (χ4n) is 5.82. The van der Waals surface area contributed by atoms with Crippen LogP contribution in [0.1, 0.15) is 86.7 Å². The maximum absolute atomic E-state index is 14.0. The summed E-state index contributed by atoms with van der Waals surface area (Å²) in [6, 6.07) is 8.81. The zero-order valence-electron chi connectivity index (χ0n) is 20.4. The van der Waals surface area contributed by atoms with Crippen molar-refractivity contribution in [1.82, 2.24) is 0 Å². The number of ether oxygens (including phenoxy) is 1. The molecule has 4 rings (SSSR count). The Hall–Kier alpha value is -2.93. The van der Waals surface area contributed by atoms with E-state index in [1.165, 1.54) is 24.6 Å². The number of aromatic hydroxyl groups is 1. The van der Waals surface area contributed by atoms with Crippen molar-refractivity contribution in [1.29, 1.82) is 0 Å². The third kappa shape index (κ3) is 6.01. The normalized spacial score (nSPS) is 18.0. The molecule has 2 aromatic carbocycles. The fourth-order valence-corrected chi connectivity index (χ4v) is 5.82. The van der Waals surface area contributed by atoms with E-state index in [9.17, 15) is 24.2 Å². The summed E-state index contributed by atoms with van der Waals surface area (Å²) >= 11 is 0. The van der Waals surface area contributed by atoms with Crippen LogP contribution in [0.4, 0.5) is 10.1 Å². The van der Waals surface area contributed by atoms with Crippen LogP contribution >= 0.6 is 0 Å². The molecule has 1 atom stereocenters. The van der Waals surface area contributed by atoms with Crippen molar-refractivity contribution in [2.24, 2.45) is 5.92 Å². The van der Waals surface area contributed by atoms with Gasteiger partial charge in [-0.2, -0.15) is 0 Å². The molecule has 3 N–H and O–H groups in total. The molecular formula is C28H34FNO5. The molecule has 0 saturated heterocycles. The lowest BCUT2D eigenvalue weighted by Crippen LogP contribution is -2.42. The number of benzene rings is 2. The number of rotatable bonds is 8. The number of carbonyl (C=O) groups is 2. The molecule has 35 heavy (non-hydrogen) atoms. The van der Waals surface area contributed by atoms with E-state index >= 15 is 0 Å². The largest absolute Gasteiger partial charge is 0.508 e. The molecule has 2 aliphatic rings. The topological polar surface area (TPSA) is 95.9 Å². The minimum absolute atomic E-state index is 0.0317. The summed E-state index contributed by atoms with van der Waals surface area (Å²) in [6.07, 6.45) is 5.94. The maximum Gasteiger partial charge on any atom is 0.338 e. The van der Waals surface area contributed by atoms with E-state index in [0.717, 1.165) is 25.7 Å². The van der Waals surface area contributed by atoms with Gasteiger partial charge in [0.1, 0.15) is 18.2 Å². The molecule has 0 bridgehead atoms. The average molecular weight is 484 g/mol. The van der Waals surface area contributed by atoms with E-state index in [1.807, 2.05) is 13.8 Å². The highest BCUT2D eigenvalue weighted by Gasteiger charge is 2.40. The molecule has 188 valence electrons. The Morgan fingerprint density at radius 2 is 1.89 bits per heavy atom. The molecule has 2 aromatic rings. The van der Waals surface area contributed by atoms with Crippen LogP contribution in [-0.4, -0.2) is 27.7 Å². The lowest BCUT2D eigenvalue weighted by molar-refractivity contribution is -0.123. The van der Waals surface area contributed by atoms with Crippen LogP contribution in [0.2, 0.25) is 0 Å². The third-order valence-corrected chi connectivity index (χ3v) is 7.31. The maximum atomic E-state index is 14.0. The number of amides is 1. The summed E-state index contributed by atoms with van der Waals surface area (Å²) < 4.78 is 19.0. The lowest BCUT2D eigenvalue weighted by Gasteiger charge is -2.39. The van der Waals surface area contributed by atoms with Gasteiger partial charge in [0.25, 0.3) is 0 Å². The molecule has 6 nitrogen and oxygen atoms in total. The molecule has 0 spiro atoms. The van der Waals surface area contributed by atoms with Crippen molar-refractivity contribution in [3.8, 4) is 5.75 Å². The van der Waals surface area contributed by atoms with Crippen molar-refractivity contribution < 1.29 is 28.9 Å². The highest BCUT2D eigenvalue weighted by Crippen LogP contribution is 2.42. The minimum atomic E-state index is -1.34. The predicted octanol–water partition coefficient (Wildman–Crippen LogP) is 5.60. The van der Waals surface area contributed by atoms with Gasteiger partial charge < -0.3 is 20.3 Å². The Balaban J connectivity index is 1.54. The molecule has 7 heteroatoms. The van der Waals surface area contributed by atoms with E-state index in [4.69, 9.17) is 4.74 Å². The molecule has 0 aromatic heterocycles. The van der Waals surface area contributed by atoms with E-state index in [1.54, 1.807) is 18.2 Å². The Morgan fingerprint density at radius 1 is 1.14 bits per heavy atom. The quantitative estimate of drug-likeness (QED) is 0.425. The van der Waals surface area contributed by atoms with Crippen molar-refractivity contribution in [3.05, 3.63) is 58.9 Å². The number of nitrogens with one attached hydrogen (secondary N) is 1. The van der Waals surface area contributed by atoms with Crippen molar-refractivity contribution in [3.63, 3.8) is 0 Å². The average Bonchev–Trinajstić information content (AvgIpc) is 3.15. The first-order valence-corrected chi connectivity index (χ1v) is 12.4. The van der Waals surface area contributed by atoms with Gasteiger partial charge >= 0.3 is 5.97 Å². The summed E-state index contributed by atoms with van der Waals surface area (Å²) in [4.78, 5) is 24.8. The summed E-state index contributed by atoms with van der Waals surface area (Å²) in [5.41, 5.74) is 0.0319. The van der Waals surface area contributed by atoms with Crippen molar-refractivity contribution in [2.75, 3.05) is 5.32 Å². The van der Waals surface area contributed by atoms with Gasteiger partial charge in [-0.15, -0.1) is 0 Å². The number of cyclic esters (lactones) is 1. The molecule has 0 radical (unpaired) electrons. The summed E-state index contributed by atoms with van der Waals surface area (Å²) in [5, 5.41) is 25.1. The van der Waals surface area contributed by atoms with Crippen molar-refractivity contribution in [2.45, 2.75) is 82.8 Å². The highest BCUT2D eigenvalue weighted by atomic mass is 19.1. The number of esters is 1. The summed E-state index contributed by atoms with van der Waals surface area (Å²) in [7, 11) is 0. The Bertz CT molecular complexity index is 1110. The zero-order valence-corrected chi connectivity index (χ0v) is 20.4. The molecule has 1 amide bonds. The van der Waals surface area contributed by atoms with Gasteiger partial charge in [0.2, 0.25) is 5.91 Å². The monoisotopic (exact) mass is 483 g/mol. The zero-order chi connectivity index (χ0) is 25.2. The van der Waals surface area contributed by atoms with Gasteiger partial charge in [0.15, 0.2) is 0 Å². The Kier molecular flexibility index (Phi) is 7.17. The number of hydrogen-bond acceptors (Lipinski definition) is 5. The lowest BCUT2D eigenvalue weighted by atomic mass is 9.69. The number of hydrogen-bond donors (Lipinski definition) is 3. The van der Waals surface area contributed by atoms with Crippen LogP contribution in [-0.2, 0) is 21.6 Å². The second-order valence-corrected chi connectivity index (χ2v) is 10.8. The predicted molar refractivity (Wildman–Crippen MR) is 131 cm³/mol. The first-order valence-electron chi connectivity index (χ1n) is 12.4. The van der Waals surface area contributed by atoms with Gasteiger partial charge in [0, 0.05) is 16.8 Å². The van der Waals surface area contributed by atoms with Gasteiger partial charge in [-0.25, -0.2) is 9.18 Å². The van der Waals surface area contributed by atoms with Crippen LogP contribution in [0, 0.1) is 11.7 Å². The number of aliphatic hydroxyl groups is 1. The number of carbonyl (C=O) groups excluding carboxylic acids is 2. The third-order valence-electron chi connectivity index (χ3n) is 7.31. The highest BCUT2D eigenvalue weighted by molar-refractivity contribution is 5.96. The fraction of sp³-hybridized carbons (Fsp3) is 0.500. The molecule has 1 unspecified atom stereocenters. The number of phenolic OH excluding ortho intramolecular Hbond substituents is 1. The molecule has 1 fully saturated rings. The first kappa shape index (κ1) is 25.2. The van der Waals surface area contributed by atoms with Gasteiger partial charge in [-0.05, 0) is 60.6 Å². The molecule has 1 saturated carbocycles. The Morgan fingerprint density at radius 3 is 2.63 bits per heavy atom. The number of phenols is 1. The number of anilines is 1. The van der Waals surface area contributed by atoms with Gasteiger partial charge in [-0.3, -0.25) is 4.79 Å². The second kappa shape index (κ2) is 9.97. The summed E-state index contributed by atoms with van der Waals surface area (Å²) in [6.45, 7) is 3.88.